The van der Waals surface area contributed by atoms with Crippen LogP contribution < -0.4 is 10.3 Å². The molecule has 11 nitrogen and oxygen atoms in total. The van der Waals surface area contributed by atoms with Gasteiger partial charge in [-0.2, -0.15) is 0 Å². The molecule has 1 aliphatic carbocycles. The van der Waals surface area contributed by atoms with Crippen molar-refractivity contribution in [2.24, 2.45) is 0 Å². The van der Waals surface area contributed by atoms with Gasteiger partial charge in [0.1, 0.15) is 35.9 Å². The van der Waals surface area contributed by atoms with Crippen LogP contribution in [-0.4, -0.2) is 78.9 Å². The summed E-state index contributed by atoms with van der Waals surface area (Å²) in [5.74, 6) is -3.91. The number of aliphatic hydroxyl groups excluding tert-OH is 4. The molecular formula is C26H23NO10. The van der Waals surface area contributed by atoms with E-state index in [1.807, 2.05) is 0 Å². The van der Waals surface area contributed by atoms with Crippen LogP contribution in [0, 0.1) is 6.92 Å². The number of hydrogen-bond donors (Lipinski definition) is 6. The fraction of sp³-hybridized carbons (Fsp3) is 0.346. The number of benzene rings is 2. The van der Waals surface area contributed by atoms with Gasteiger partial charge in [-0.1, -0.05) is 0 Å². The lowest BCUT2D eigenvalue weighted by Crippen LogP contribution is -2.68. The second-order valence-electron chi connectivity index (χ2n) is 9.70. The SMILES string of the molecule is Cc1cc(O)c2c(c1)C(=O)c1c(c3c(c4c(=O)[nH]ccc14)CCC1(O3)OC(CO)C(O)C(O)C1O)C2=O. The van der Waals surface area contributed by atoms with Crippen molar-refractivity contribution in [1.82, 2.24) is 4.98 Å². The zero-order valence-corrected chi connectivity index (χ0v) is 19.5. The van der Waals surface area contributed by atoms with Crippen LogP contribution in [0.5, 0.6) is 11.5 Å². The van der Waals surface area contributed by atoms with E-state index in [1.54, 1.807) is 6.92 Å². The summed E-state index contributed by atoms with van der Waals surface area (Å²) in [6, 6.07) is 4.35. The van der Waals surface area contributed by atoms with Gasteiger partial charge in [-0.15, -0.1) is 0 Å². The highest BCUT2D eigenvalue weighted by Gasteiger charge is 2.57. The molecule has 1 aromatic heterocycles. The predicted octanol–water partition coefficient (Wildman–Crippen LogP) is -0.187. The van der Waals surface area contributed by atoms with Gasteiger partial charge in [0.25, 0.3) is 5.56 Å². The number of fused-ring (bicyclic) bond motifs is 7. The Bertz CT molecular complexity index is 1570. The van der Waals surface area contributed by atoms with Gasteiger partial charge in [0, 0.05) is 34.7 Å². The normalized spacial score (nSPS) is 28.6. The molecule has 1 fully saturated rings. The molecule has 11 heteroatoms. The summed E-state index contributed by atoms with van der Waals surface area (Å²) < 4.78 is 11.9. The summed E-state index contributed by atoms with van der Waals surface area (Å²) in [6.45, 7) is 0.964. The summed E-state index contributed by atoms with van der Waals surface area (Å²) in [4.78, 5) is 43.2. The molecule has 192 valence electrons. The smallest absolute Gasteiger partial charge is 0.256 e. The van der Waals surface area contributed by atoms with Crippen LogP contribution >= 0.6 is 0 Å². The third kappa shape index (κ3) is 3.09. The van der Waals surface area contributed by atoms with Crippen LogP contribution in [0.2, 0.25) is 0 Å². The van der Waals surface area contributed by atoms with E-state index in [1.165, 1.54) is 24.4 Å². The van der Waals surface area contributed by atoms with Gasteiger partial charge in [0.2, 0.25) is 11.6 Å². The van der Waals surface area contributed by atoms with Crippen LogP contribution in [-0.2, 0) is 11.2 Å². The Morgan fingerprint density at radius 2 is 1.81 bits per heavy atom. The minimum Gasteiger partial charge on any atom is -0.507 e. The molecule has 0 radical (unpaired) electrons. The highest BCUT2D eigenvalue weighted by Crippen LogP contribution is 2.49. The maximum Gasteiger partial charge on any atom is 0.256 e. The number of carbonyl (C=O) groups excluding carboxylic acids is 2. The van der Waals surface area contributed by atoms with Crippen LogP contribution in [0.25, 0.3) is 10.8 Å². The standard InChI is InChI=1S/C26H23NO10/c1-9-6-12-16(13(29)7-9)21(32)18-17(19(12)30)10-3-5-27-25(35)15(10)11-2-4-26(37-23(11)18)24(34)22(33)20(31)14(8-28)36-26/h3,5-7,14,20,22,24,28-29,31,33-34H,2,4,8H2,1H3,(H,27,35). The van der Waals surface area contributed by atoms with Crippen molar-refractivity contribution in [1.29, 1.82) is 0 Å². The van der Waals surface area contributed by atoms with Gasteiger partial charge in [-0.25, -0.2) is 0 Å². The second kappa shape index (κ2) is 7.94. The number of aromatic nitrogens is 1. The Morgan fingerprint density at radius 1 is 1.05 bits per heavy atom. The third-order valence-electron chi connectivity index (χ3n) is 7.50. The number of nitrogens with one attached hydrogen (secondary N) is 1. The number of rotatable bonds is 1. The van der Waals surface area contributed by atoms with Gasteiger partial charge in [0.15, 0.2) is 5.78 Å². The fourth-order valence-electron chi connectivity index (χ4n) is 5.77. The topological polar surface area (TPSA) is 187 Å². The fourth-order valence-corrected chi connectivity index (χ4v) is 5.77. The van der Waals surface area contributed by atoms with E-state index in [4.69, 9.17) is 9.47 Å². The van der Waals surface area contributed by atoms with E-state index in [2.05, 4.69) is 4.98 Å². The van der Waals surface area contributed by atoms with Crippen molar-refractivity contribution in [3.8, 4) is 11.5 Å². The second-order valence-corrected chi connectivity index (χ2v) is 9.70. The minimum atomic E-state index is -2.00. The van der Waals surface area contributed by atoms with Gasteiger partial charge in [0.05, 0.1) is 23.1 Å². The zero-order chi connectivity index (χ0) is 26.4. The molecule has 0 saturated carbocycles. The number of aryl methyl sites for hydroxylation is 2. The van der Waals surface area contributed by atoms with Crippen molar-refractivity contribution in [2.75, 3.05) is 6.61 Å². The number of ketones is 2. The number of phenolic OH excluding ortho intramolecular Hbond substituents is 1. The van der Waals surface area contributed by atoms with E-state index in [0.717, 1.165) is 0 Å². The van der Waals surface area contributed by atoms with Gasteiger partial charge in [-0.05, 0) is 37.1 Å². The summed E-state index contributed by atoms with van der Waals surface area (Å²) in [6.07, 6.45) is -5.19. The monoisotopic (exact) mass is 509 g/mol. The molecule has 0 amide bonds. The van der Waals surface area contributed by atoms with Crippen LogP contribution in [0.15, 0.2) is 29.2 Å². The number of carbonyl (C=O) groups is 2. The van der Waals surface area contributed by atoms with Crippen molar-refractivity contribution < 1.29 is 44.6 Å². The maximum atomic E-state index is 13.9. The average Bonchev–Trinajstić information content (AvgIpc) is 2.87. The Balaban J connectivity index is 1.65. The molecule has 3 heterocycles. The molecule has 37 heavy (non-hydrogen) atoms. The van der Waals surface area contributed by atoms with Crippen molar-refractivity contribution >= 4 is 22.3 Å². The van der Waals surface area contributed by atoms with E-state index in [9.17, 15) is 39.9 Å². The van der Waals surface area contributed by atoms with E-state index < -0.39 is 59.7 Å². The van der Waals surface area contributed by atoms with Crippen molar-refractivity contribution in [2.45, 2.75) is 50.0 Å². The number of H-pyrrole nitrogens is 1. The van der Waals surface area contributed by atoms with Gasteiger partial charge < -0.3 is 40.0 Å². The van der Waals surface area contributed by atoms with E-state index in [-0.39, 0.29) is 57.2 Å². The first-order valence-corrected chi connectivity index (χ1v) is 11.7. The molecular weight excluding hydrogens is 486 g/mol. The number of aliphatic hydroxyl groups is 4. The molecule has 1 spiro atoms. The van der Waals surface area contributed by atoms with Crippen LogP contribution in [0.4, 0.5) is 0 Å². The molecule has 3 aromatic rings. The number of aromatic hydroxyl groups is 1. The Labute approximate surface area is 208 Å². The molecule has 2 aromatic carbocycles. The summed E-state index contributed by atoms with van der Waals surface area (Å²) in [7, 11) is 0. The Morgan fingerprint density at radius 3 is 2.54 bits per heavy atom. The molecule has 2 aliphatic heterocycles. The third-order valence-corrected chi connectivity index (χ3v) is 7.50. The van der Waals surface area contributed by atoms with E-state index >= 15 is 0 Å². The highest BCUT2D eigenvalue weighted by molar-refractivity contribution is 6.34. The number of hydrogen-bond acceptors (Lipinski definition) is 10. The molecule has 6 rings (SSSR count). The summed E-state index contributed by atoms with van der Waals surface area (Å²) in [5.41, 5.74) is -0.221. The highest BCUT2D eigenvalue weighted by atomic mass is 16.7. The van der Waals surface area contributed by atoms with Crippen LogP contribution in [0.1, 0.15) is 49.4 Å². The first-order chi connectivity index (χ1) is 17.6. The molecule has 1 saturated heterocycles. The first kappa shape index (κ1) is 23.8. The summed E-state index contributed by atoms with van der Waals surface area (Å²) >= 11 is 0. The lowest BCUT2D eigenvalue weighted by molar-refractivity contribution is -0.342. The van der Waals surface area contributed by atoms with Crippen molar-refractivity contribution in [3.05, 3.63) is 68.1 Å². The van der Waals surface area contributed by atoms with Gasteiger partial charge in [-0.3, -0.25) is 14.4 Å². The number of ether oxygens (including phenoxy) is 2. The molecule has 6 N–H and O–H groups in total. The number of pyridine rings is 1. The molecule has 3 aliphatic rings. The number of aromatic amines is 1. The molecule has 5 unspecified atom stereocenters. The lowest BCUT2D eigenvalue weighted by Gasteiger charge is -2.50. The quantitative estimate of drug-likeness (QED) is 0.201. The Hall–Kier alpha value is -3.61. The molecule has 5 atom stereocenters. The Kier molecular flexibility index (Phi) is 5.10. The maximum absolute atomic E-state index is 13.9. The zero-order valence-electron chi connectivity index (χ0n) is 19.5. The largest absolute Gasteiger partial charge is 0.507 e. The predicted molar refractivity (Wildman–Crippen MR) is 126 cm³/mol. The van der Waals surface area contributed by atoms with Crippen LogP contribution in [0.3, 0.4) is 0 Å². The average molecular weight is 509 g/mol. The lowest BCUT2D eigenvalue weighted by atomic mass is 9.77. The summed E-state index contributed by atoms with van der Waals surface area (Å²) in [5, 5.41) is 52.2. The minimum absolute atomic E-state index is 0.0186. The van der Waals surface area contributed by atoms with Gasteiger partial charge >= 0.3 is 0 Å². The molecule has 0 bridgehead atoms. The van der Waals surface area contributed by atoms with E-state index in [0.29, 0.717) is 5.56 Å². The van der Waals surface area contributed by atoms with Crippen molar-refractivity contribution in [3.63, 3.8) is 0 Å². The number of phenols is 1. The first-order valence-electron chi connectivity index (χ1n) is 11.7.